The Morgan fingerprint density at radius 3 is 2.33 bits per heavy atom. The molecule has 2 heteroatoms. The normalized spacial score (nSPS) is 22.1. The molecule has 1 aromatic rings. The molecule has 0 unspecified atom stereocenters. The zero-order valence-electron chi connectivity index (χ0n) is 9.48. The molecule has 1 atom stereocenters. The lowest BCUT2D eigenvalue weighted by Crippen LogP contribution is -2.54. The molecule has 2 rings (SSSR count). The summed E-state index contributed by atoms with van der Waals surface area (Å²) in [6, 6.07) is 10.4. The Morgan fingerprint density at radius 1 is 1.27 bits per heavy atom. The van der Waals surface area contributed by atoms with Crippen molar-refractivity contribution in [2.75, 3.05) is 19.7 Å². The van der Waals surface area contributed by atoms with Gasteiger partial charge in [0.05, 0.1) is 12.6 Å². The minimum atomic E-state index is 0.180. The fourth-order valence-electron chi connectivity index (χ4n) is 2.38. The van der Waals surface area contributed by atoms with Gasteiger partial charge in [0.2, 0.25) is 0 Å². The van der Waals surface area contributed by atoms with E-state index in [9.17, 15) is 5.11 Å². The topological polar surface area (TPSA) is 23.5 Å². The predicted octanol–water partition coefficient (Wildman–Crippen LogP) is 2.06. The number of benzene rings is 1. The molecule has 0 amide bonds. The van der Waals surface area contributed by atoms with Crippen molar-refractivity contribution >= 4 is 0 Å². The maximum absolute atomic E-state index is 9.44. The molecular weight excluding hydrogens is 186 g/mol. The molecule has 0 radical (unpaired) electrons. The number of rotatable bonds is 3. The van der Waals surface area contributed by atoms with Gasteiger partial charge in [-0.15, -0.1) is 0 Å². The third-order valence-electron chi connectivity index (χ3n) is 3.06. The summed E-state index contributed by atoms with van der Waals surface area (Å²) < 4.78 is 0. The Morgan fingerprint density at radius 2 is 1.87 bits per heavy atom. The van der Waals surface area contributed by atoms with E-state index in [1.165, 1.54) is 5.56 Å². The Kier molecular flexibility index (Phi) is 2.81. The van der Waals surface area contributed by atoms with E-state index in [-0.39, 0.29) is 12.6 Å². The summed E-state index contributed by atoms with van der Waals surface area (Å²) in [6.45, 7) is 6.90. The summed E-state index contributed by atoms with van der Waals surface area (Å²) in [7, 11) is 0. The summed E-state index contributed by atoms with van der Waals surface area (Å²) in [6.07, 6.45) is 0. The molecule has 1 aromatic carbocycles. The van der Waals surface area contributed by atoms with E-state index >= 15 is 0 Å². The molecule has 2 nitrogen and oxygen atoms in total. The molecule has 0 bridgehead atoms. The minimum Gasteiger partial charge on any atom is -0.394 e. The highest BCUT2D eigenvalue weighted by Gasteiger charge is 2.38. The van der Waals surface area contributed by atoms with Gasteiger partial charge in [0.1, 0.15) is 0 Å². The molecule has 15 heavy (non-hydrogen) atoms. The quantitative estimate of drug-likeness (QED) is 0.816. The number of hydrogen-bond acceptors (Lipinski definition) is 2. The van der Waals surface area contributed by atoms with E-state index in [0.29, 0.717) is 5.41 Å². The summed E-state index contributed by atoms with van der Waals surface area (Å²) in [5.41, 5.74) is 1.64. The van der Waals surface area contributed by atoms with Crippen LogP contribution in [0.5, 0.6) is 0 Å². The third-order valence-corrected chi connectivity index (χ3v) is 3.06. The van der Waals surface area contributed by atoms with Crippen LogP contribution in [-0.2, 0) is 0 Å². The molecule has 1 aliphatic rings. The Balaban J connectivity index is 2.07. The van der Waals surface area contributed by atoms with Crippen molar-refractivity contribution in [3.8, 4) is 0 Å². The zero-order chi connectivity index (χ0) is 10.9. The van der Waals surface area contributed by atoms with E-state index in [0.717, 1.165) is 13.1 Å². The molecule has 0 saturated carbocycles. The Labute approximate surface area is 91.5 Å². The van der Waals surface area contributed by atoms with Crippen molar-refractivity contribution in [2.24, 2.45) is 5.41 Å². The predicted molar refractivity (Wildman–Crippen MR) is 61.6 cm³/mol. The minimum absolute atomic E-state index is 0.180. The monoisotopic (exact) mass is 205 g/mol. The summed E-state index contributed by atoms with van der Waals surface area (Å²) in [5, 5.41) is 9.44. The highest BCUT2D eigenvalue weighted by molar-refractivity contribution is 5.20. The van der Waals surface area contributed by atoms with Crippen LogP contribution < -0.4 is 0 Å². The van der Waals surface area contributed by atoms with E-state index in [2.05, 4.69) is 30.9 Å². The van der Waals surface area contributed by atoms with Crippen molar-refractivity contribution in [2.45, 2.75) is 19.9 Å². The van der Waals surface area contributed by atoms with Crippen LogP contribution in [-0.4, -0.2) is 29.7 Å². The third kappa shape index (κ3) is 2.21. The number of likely N-dealkylation sites (tertiary alicyclic amines) is 1. The Bertz CT molecular complexity index is 313. The fourth-order valence-corrected chi connectivity index (χ4v) is 2.38. The number of aliphatic hydroxyl groups is 1. The van der Waals surface area contributed by atoms with E-state index in [4.69, 9.17) is 0 Å². The van der Waals surface area contributed by atoms with Crippen LogP contribution in [0.25, 0.3) is 0 Å². The molecule has 1 aliphatic heterocycles. The molecule has 1 N–H and O–H groups in total. The number of hydrogen-bond donors (Lipinski definition) is 1. The lowest BCUT2D eigenvalue weighted by Gasteiger charge is -2.49. The molecule has 1 saturated heterocycles. The van der Waals surface area contributed by atoms with Crippen LogP contribution in [0.15, 0.2) is 30.3 Å². The summed E-state index contributed by atoms with van der Waals surface area (Å²) in [5.74, 6) is 0. The first-order valence-corrected chi connectivity index (χ1v) is 5.52. The molecule has 0 aliphatic carbocycles. The van der Waals surface area contributed by atoms with Gasteiger partial charge >= 0.3 is 0 Å². The van der Waals surface area contributed by atoms with E-state index in [1.807, 2.05) is 18.2 Å². The highest BCUT2D eigenvalue weighted by atomic mass is 16.3. The second kappa shape index (κ2) is 3.95. The standard InChI is InChI=1S/C13H19NO/c1-13(2)9-14(10-13)12(8-15)11-6-4-3-5-7-11/h3-7,12,15H,8-10H2,1-2H3/t12-/m0/s1. The zero-order valence-corrected chi connectivity index (χ0v) is 9.48. The molecule has 1 heterocycles. The van der Waals surface area contributed by atoms with Crippen molar-refractivity contribution < 1.29 is 5.11 Å². The number of nitrogens with zero attached hydrogens (tertiary/aromatic N) is 1. The molecule has 0 aromatic heterocycles. The van der Waals surface area contributed by atoms with Crippen LogP contribution in [0.4, 0.5) is 0 Å². The molecular formula is C13H19NO. The average Bonchev–Trinajstić information content (AvgIpc) is 2.18. The number of aliphatic hydroxyl groups excluding tert-OH is 1. The van der Waals surface area contributed by atoms with Gasteiger partial charge in [-0.2, -0.15) is 0 Å². The van der Waals surface area contributed by atoms with Gasteiger partial charge in [0.25, 0.3) is 0 Å². The summed E-state index contributed by atoms with van der Waals surface area (Å²) >= 11 is 0. The largest absolute Gasteiger partial charge is 0.394 e. The Hall–Kier alpha value is -0.860. The maximum atomic E-state index is 9.44. The van der Waals surface area contributed by atoms with Crippen molar-refractivity contribution in [3.63, 3.8) is 0 Å². The van der Waals surface area contributed by atoms with Gasteiger partial charge < -0.3 is 5.11 Å². The second-order valence-electron chi connectivity index (χ2n) is 5.18. The lowest BCUT2D eigenvalue weighted by molar-refractivity contribution is -0.0252. The first kappa shape index (κ1) is 10.7. The van der Waals surface area contributed by atoms with Gasteiger partial charge in [-0.3, -0.25) is 4.90 Å². The van der Waals surface area contributed by atoms with Gasteiger partial charge in [0, 0.05) is 13.1 Å². The van der Waals surface area contributed by atoms with Crippen molar-refractivity contribution in [3.05, 3.63) is 35.9 Å². The maximum Gasteiger partial charge on any atom is 0.0628 e. The van der Waals surface area contributed by atoms with Gasteiger partial charge in [-0.1, -0.05) is 44.2 Å². The fraction of sp³-hybridized carbons (Fsp3) is 0.538. The molecule has 0 spiro atoms. The van der Waals surface area contributed by atoms with Gasteiger partial charge in [-0.05, 0) is 11.0 Å². The summed E-state index contributed by atoms with van der Waals surface area (Å²) in [4.78, 5) is 2.34. The van der Waals surface area contributed by atoms with Gasteiger partial charge in [0.15, 0.2) is 0 Å². The smallest absolute Gasteiger partial charge is 0.0628 e. The van der Waals surface area contributed by atoms with Crippen LogP contribution in [0, 0.1) is 5.41 Å². The SMILES string of the molecule is CC1(C)CN([C@@H](CO)c2ccccc2)C1. The van der Waals surface area contributed by atoms with Crippen LogP contribution in [0.2, 0.25) is 0 Å². The lowest BCUT2D eigenvalue weighted by atomic mass is 9.82. The van der Waals surface area contributed by atoms with E-state index < -0.39 is 0 Å². The highest BCUT2D eigenvalue weighted by Crippen LogP contribution is 2.35. The van der Waals surface area contributed by atoms with Crippen LogP contribution in [0.3, 0.4) is 0 Å². The van der Waals surface area contributed by atoms with E-state index in [1.54, 1.807) is 0 Å². The van der Waals surface area contributed by atoms with Crippen LogP contribution in [0.1, 0.15) is 25.5 Å². The average molecular weight is 205 g/mol. The first-order chi connectivity index (χ1) is 7.12. The molecule has 82 valence electrons. The second-order valence-corrected chi connectivity index (χ2v) is 5.18. The van der Waals surface area contributed by atoms with Crippen LogP contribution >= 0.6 is 0 Å². The van der Waals surface area contributed by atoms with Gasteiger partial charge in [-0.25, -0.2) is 0 Å². The van der Waals surface area contributed by atoms with Crippen molar-refractivity contribution in [1.29, 1.82) is 0 Å². The first-order valence-electron chi connectivity index (χ1n) is 5.52. The van der Waals surface area contributed by atoms with Crippen molar-refractivity contribution in [1.82, 2.24) is 4.90 Å². The molecule has 1 fully saturated rings.